The van der Waals surface area contributed by atoms with Gasteiger partial charge in [-0.05, 0) is 32.8 Å². The van der Waals surface area contributed by atoms with E-state index in [2.05, 4.69) is 6.58 Å². The van der Waals surface area contributed by atoms with Crippen molar-refractivity contribution in [3.63, 3.8) is 0 Å². The molecule has 0 amide bonds. The molecule has 5 nitrogen and oxygen atoms in total. The van der Waals surface area contributed by atoms with Gasteiger partial charge in [0.25, 0.3) is 0 Å². The van der Waals surface area contributed by atoms with Crippen LogP contribution in [0.2, 0.25) is 0 Å². The van der Waals surface area contributed by atoms with Crippen molar-refractivity contribution in [3.8, 4) is 0 Å². The zero-order valence-electron chi connectivity index (χ0n) is 10.2. The van der Waals surface area contributed by atoms with Crippen molar-refractivity contribution in [2.75, 3.05) is 0 Å². The van der Waals surface area contributed by atoms with Gasteiger partial charge in [-0.1, -0.05) is 6.58 Å². The number of hydrogen-bond acceptors (Lipinski definition) is 5. The molecular weight excluding hydrogens is 224 g/mol. The van der Waals surface area contributed by atoms with Gasteiger partial charge in [0, 0.05) is 0 Å². The molecule has 0 radical (unpaired) electrons. The highest BCUT2D eigenvalue weighted by molar-refractivity contribution is 5.76. The summed E-state index contributed by atoms with van der Waals surface area (Å²) in [7, 11) is 0. The number of rotatable bonds is 2. The van der Waals surface area contributed by atoms with Crippen LogP contribution in [0, 0.1) is 5.92 Å². The van der Waals surface area contributed by atoms with Gasteiger partial charge in [0.1, 0.15) is 11.4 Å². The summed E-state index contributed by atoms with van der Waals surface area (Å²) < 4.78 is 5.00. The van der Waals surface area contributed by atoms with E-state index in [1.165, 1.54) is 0 Å². The predicted octanol–water partition coefficient (Wildman–Crippen LogP) is 1.59. The Morgan fingerprint density at radius 2 is 2.00 bits per heavy atom. The Bertz CT molecular complexity index is 375. The summed E-state index contributed by atoms with van der Waals surface area (Å²) in [6.45, 7) is 8.56. The minimum atomic E-state index is -1.50. The SMILES string of the molecule is C=C1CC(C(O)C(=O)OC(C)(C)C)C(O)=C1O. The molecule has 0 bridgehead atoms. The second-order valence-corrected chi connectivity index (χ2v) is 5.13. The molecule has 2 unspecified atom stereocenters. The van der Waals surface area contributed by atoms with Crippen LogP contribution in [-0.2, 0) is 9.53 Å². The highest BCUT2D eigenvalue weighted by atomic mass is 16.6. The predicted molar refractivity (Wildman–Crippen MR) is 61.4 cm³/mol. The van der Waals surface area contributed by atoms with Crippen molar-refractivity contribution in [1.82, 2.24) is 0 Å². The third-order valence-corrected chi connectivity index (χ3v) is 2.42. The van der Waals surface area contributed by atoms with Crippen LogP contribution in [0.5, 0.6) is 0 Å². The van der Waals surface area contributed by atoms with Crippen molar-refractivity contribution in [2.24, 2.45) is 5.92 Å². The summed E-state index contributed by atoms with van der Waals surface area (Å²) in [6.07, 6.45) is -1.37. The molecule has 1 aliphatic rings. The Hall–Kier alpha value is -1.49. The van der Waals surface area contributed by atoms with Gasteiger partial charge in [0.15, 0.2) is 11.9 Å². The van der Waals surface area contributed by atoms with Crippen LogP contribution < -0.4 is 0 Å². The van der Waals surface area contributed by atoms with Crippen LogP contribution >= 0.6 is 0 Å². The lowest BCUT2D eigenvalue weighted by Crippen LogP contribution is -2.36. The van der Waals surface area contributed by atoms with Gasteiger partial charge in [0.2, 0.25) is 0 Å². The smallest absolute Gasteiger partial charge is 0.336 e. The third-order valence-electron chi connectivity index (χ3n) is 2.42. The zero-order valence-corrected chi connectivity index (χ0v) is 10.2. The van der Waals surface area contributed by atoms with Crippen molar-refractivity contribution in [2.45, 2.75) is 38.9 Å². The summed E-state index contributed by atoms with van der Waals surface area (Å²) in [4.78, 5) is 11.6. The first-order valence-electron chi connectivity index (χ1n) is 5.34. The maximum Gasteiger partial charge on any atom is 0.336 e. The molecule has 0 heterocycles. The first-order chi connectivity index (χ1) is 7.63. The Balaban J connectivity index is 2.76. The number of carbonyl (C=O) groups is 1. The minimum Gasteiger partial charge on any atom is -0.508 e. The van der Waals surface area contributed by atoms with Crippen LogP contribution in [0.1, 0.15) is 27.2 Å². The van der Waals surface area contributed by atoms with Gasteiger partial charge in [-0.25, -0.2) is 4.79 Å². The van der Waals surface area contributed by atoms with E-state index >= 15 is 0 Å². The molecule has 0 aromatic carbocycles. The van der Waals surface area contributed by atoms with E-state index in [9.17, 15) is 20.1 Å². The van der Waals surface area contributed by atoms with Crippen molar-refractivity contribution in [3.05, 3.63) is 23.7 Å². The Labute approximate surface area is 100 Å². The standard InChI is InChI=1S/C12H18O5/c1-6-5-7(9(14)8(6)13)10(15)11(16)17-12(2,3)4/h7,10,13-15H,1,5H2,2-4H3. The molecule has 1 aliphatic carbocycles. The van der Waals surface area contributed by atoms with E-state index in [1.54, 1.807) is 20.8 Å². The normalized spacial score (nSPS) is 22.8. The van der Waals surface area contributed by atoms with E-state index in [1.807, 2.05) is 0 Å². The topological polar surface area (TPSA) is 87.0 Å². The Morgan fingerprint density at radius 1 is 1.47 bits per heavy atom. The lowest BCUT2D eigenvalue weighted by molar-refractivity contribution is -0.167. The molecule has 17 heavy (non-hydrogen) atoms. The number of carbonyl (C=O) groups excluding carboxylic acids is 1. The largest absolute Gasteiger partial charge is 0.508 e. The van der Waals surface area contributed by atoms with E-state index < -0.39 is 29.4 Å². The lowest BCUT2D eigenvalue weighted by atomic mass is 9.99. The maximum atomic E-state index is 11.6. The zero-order chi connectivity index (χ0) is 13.4. The first-order valence-corrected chi connectivity index (χ1v) is 5.34. The summed E-state index contributed by atoms with van der Waals surface area (Å²) >= 11 is 0. The van der Waals surface area contributed by atoms with Gasteiger partial charge < -0.3 is 20.1 Å². The molecule has 0 saturated carbocycles. The highest BCUT2D eigenvalue weighted by Gasteiger charge is 2.39. The second kappa shape index (κ2) is 4.41. The van der Waals surface area contributed by atoms with Crippen LogP contribution in [0.4, 0.5) is 0 Å². The number of hydrogen-bond donors (Lipinski definition) is 3. The number of esters is 1. The Morgan fingerprint density at radius 3 is 2.35 bits per heavy atom. The average molecular weight is 242 g/mol. The molecule has 96 valence electrons. The molecule has 0 aromatic rings. The second-order valence-electron chi connectivity index (χ2n) is 5.13. The summed E-state index contributed by atoms with van der Waals surface area (Å²) in [5.74, 6) is -2.46. The molecule has 0 fully saturated rings. The number of aliphatic hydroxyl groups excluding tert-OH is 3. The fourth-order valence-corrected chi connectivity index (χ4v) is 1.60. The van der Waals surface area contributed by atoms with Gasteiger partial charge in [-0.2, -0.15) is 0 Å². The number of ether oxygens (including phenoxy) is 1. The number of aliphatic hydroxyl groups is 3. The lowest BCUT2D eigenvalue weighted by Gasteiger charge is -2.24. The van der Waals surface area contributed by atoms with Crippen LogP contribution in [0.3, 0.4) is 0 Å². The van der Waals surface area contributed by atoms with Crippen LogP contribution in [-0.4, -0.2) is 33.0 Å². The molecular formula is C12H18O5. The monoisotopic (exact) mass is 242 g/mol. The fourth-order valence-electron chi connectivity index (χ4n) is 1.60. The van der Waals surface area contributed by atoms with Crippen LogP contribution in [0.15, 0.2) is 23.7 Å². The molecule has 0 spiro atoms. The van der Waals surface area contributed by atoms with E-state index in [-0.39, 0.29) is 12.2 Å². The van der Waals surface area contributed by atoms with E-state index in [4.69, 9.17) is 4.74 Å². The summed E-state index contributed by atoms with van der Waals surface area (Å²) in [5, 5.41) is 28.7. The Kier molecular flexibility index (Phi) is 3.52. The first kappa shape index (κ1) is 13.6. The molecule has 3 N–H and O–H groups in total. The highest BCUT2D eigenvalue weighted by Crippen LogP contribution is 2.35. The molecule has 0 aromatic heterocycles. The van der Waals surface area contributed by atoms with Crippen molar-refractivity contribution < 1.29 is 24.9 Å². The molecule has 0 aliphatic heterocycles. The fraction of sp³-hybridized carbons (Fsp3) is 0.583. The minimum absolute atomic E-state index is 0.137. The van der Waals surface area contributed by atoms with Gasteiger partial charge in [-0.15, -0.1) is 0 Å². The van der Waals surface area contributed by atoms with Gasteiger partial charge >= 0.3 is 5.97 Å². The molecule has 0 saturated heterocycles. The quantitative estimate of drug-likeness (QED) is 0.640. The van der Waals surface area contributed by atoms with Crippen LogP contribution in [0.25, 0.3) is 0 Å². The number of allylic oxidation sites excluding steroid dienone is 1. The average Bonchev–Trinajstić information content (AvgIpc) is 2.42. The molecule has 2 atom stereocenters. The van der Waals surface area contributed by atoms with Gasteiger partial charge in [-0.3, -0.25) is 0 Å². The third kappa shape index (κ3) is 3.00. The van der Waals surface area contributed by atoms with Crippen molar-refractivity contribution >= 4 is 5.97 Å². The summed E-state index contributed by atoms with van der Waals surface area (Å²) in [6, 6.07) is 0. The maximum absolute atomic E-state index is 11.6. The molecule has 5 heteroatoms. The summed E-state index contributed by atoms with van der Waals surface area (Å²) in [5.41, 5.74) is -0.412. The van der Waals surface area contributed by atoms with E-state index in [0.29, 0.717) is 5.57 Å². The van der Waals surface area contributed by atoms with E-state index in [0.717, 1.165) is 0 Å². The van der Waals surface area contributed by atoms with Crippen molar-refractivity contribution in [1.29, 1.82) is 0 Å². The van der Waals surface area contributed by atoms with Gasteiger partial charge in [0.05, 0.1) is 5.92 Å². The molecule has 1 rings (SSSR count).